The lowest BCUT2D eigenvalue weighted by atomic mass is 9.93. The van der Waals surface area contributed by atoms with Crippen LogP contribution in [0.4, 0.5) is 11.9 Å². The summed E-state index contributed by atoms with van der Waals surface area (Å²) in [5, 5.41) is 3.11. The first-order valence-electron chi connectivity index (χ1n) is 5.34. The van der Waals surface area contributed by atoms with Crippen molar-refractivity contribution in [1.82, 2.24) is 15.0 Å². The number of halogens is 1. The van der Waals surface area contributed by atoms with Crippen LogP contribution in [0, 0.1) is 5.41 Å². The fourth-order valence-electron chi connectivity index (χ4n) is 1.88. The van der Waals surface area contributed by atoms with Crippen molar-refractivity contribution in [1.29, 1.82) is 0 Å². The number of anilines is 2. The average Bonchev–Trinajstić information content (AvgIpc) is 2.58. The molecule has 0 saturated carbocycles. The van der Waals surface area contributed by atoms with Gasteiger partial charge in [-0.2, -0.15) is 15.0 Å². The van der Waals surface area contributed by atoms with Gasteiger partial charge < -0.3 is 10.2 Å². The van der Waals surface area contributed by atoms with E-state index in [9.17, 15) is 0 Å². The molecule has 2 rings (SSSR count). The van der Waals surface area contributed by atoms with E-state index in [-0.39, 0.29) is 5.28 Å². The number of hydrogen-bond acceptors (Lipinski definition) is 5. The maximum absolute atomic E-state index is 5.85. The van der Waals surface area contributed by atoms with Gasteiger partial charge in [0.05, 0.1) is 0 Å². The summed E-state index contributed by atoms with van der Waals surface area (Å²) in [5.74, 6) is 1.18. The van der Waals surface area contributed by atoms with Gasteiger partial charge in [-0.15, -0.1) is 0 Å². The van der Waals surface area contributed by atoms with Crippen LogP contribution in [-0.4, -0.2) is 35.1 Å². The van der Waals surface area contributed by atoms with Gasteiger partial charge in [0.2, 0.25) is 17.2 Å². The molecule has 2 heterocycles. The van der Waals surface area contributed by atoms with Crippen molar-refractivity contribution in [2.75, 3.05) is 30.4 Å². The van der Waals surface area contributed by atoms with Crippen LogP contribution in [-0.2, 0) is 0 Å². The molecule has 16 heavy (non-hydrogen) atoms. The Labute approximate surface area is 100 Å². The fourth-order valence-corrected chi connectivity index (χ4v) is 2.03. The molecular weight excluding hydrogens is 226 g/mol. The second-order valence-corrected chi connectivity index (χ2v) is 5.15. The number of hydrogen-bond donors (Lipinski definition) is 1. The van der Waals surface area contributed by atoms with Crippen molar-refractivity contribution in [2.24, 2.45) is 5.41 Å². The first-order valence-corrected chi connectivity index (χ1v) is 5.72. The molecule has 0 spiro atoms. The number of rotatable bonds is 2. The van der Waals surface area contributed by atoms with Gasteiger partial charge in [-0.3, -0.25) is 0 Å². The summed E-state index contributed by atoms with van der Waals surface area (Å²) in [5.41, 5.74) is 0.318. The SMILES string of the molecule is CNc1nc(Cl)nc(N2CCC(C)(C)C2)n1. The Hall–Kier alpha value is -1.10. The van der Waals surface area contributed by atoms with E-state index in [2.05, 4.69) is 39.0 Å². The highest BCUT2D eigenvalue weighted by atomic mass is 35.5. The molecule has 0 bridgehead atoms. The molecule has 0 radical (unpaired) electrons. The summed E-state index contributed by atoms with van der Waals surface area (Å²) >= 11 is 5.85. The maximum atomic E-state index is 5.85. The fraction of sp³-hybridized carbons (Fsp3) is 0.700. The molecule has 1 aliphatic rings. The largest absolute Gasteiger partial charge is 0.357 e. The van der Waals surface area contributed by atoms with E-state index >= 15 is 0 Å². The average molecular weight is 242 g/mol. The molecule has 1 aliphatic heterocycles. The normalized spacial score (nSPS) is 18.9. The van der Waals surface area contributed by atoms with Gasteiger partial charge in [-0.25, -0.2) is 0 Å². The van der Waals surface area contributed by atoms with Crippen molar-refractivity contribution in [3.63, 3.8) is 0 Å². The quantitative estimate of drug-likeness (QED) is 0.856. The van der Waals surface area contributed by atoms with Gasteiger partial charge in [-0.05, 0) is 23.4 Å². The molecule has 0 atom stereocenters. The number of nitrogens with zero attached hydrogens (tertiary/aromatic N) is 4. The topological polar surface area (TPSA) is 53.9 Å². The third-order valence-electron chi connectivity index (χ3n) is 2.78. The molecule has 1 fully saturated rings. The minimum atomic E-state index is 0.235. The van der Waals surface area contributed by atoms with Gasteiger partial charge in [0.25, 0.3) is 0 Å². The Morgan fingerprint density at radius 1 is 1.31 bits per heavy atom. The van der Waals surface area contributed by atoms with Crippen molar-refractivity contribution in [3.05, 3.63) is 5.28 Å². The lowest BCUT2D eigenvalue weighted by Crippen LogP contribution is -2.25. The summed E-state index contributed by atoms with van der Waals surface area (Å²) in [7, 11) is 1.77. The monoisotopic (exact) mass is 241 g/mol. The zero-order valence-corrected chi connectivity index (χ0v) is 10.5. The predicted octanol–water partition coefficient (Wildman–Crippen LogP) is 1.80. The first-order chi connectivity index (χ1) is 7.50. The van der Waals surface area contributed by atoms with Crippen LogP contribution in [0.1, 0.15) is 20.3 Å². The maximum Gasteiger partial charge on any atom is 0.231 e. The van der Waals surface area contributed by atoms with E-state index in [1.165, 1.54) is 0 Å². The lowest BCUT2D eigenvalue weighted by molar-refractivity contribution is 0.418. The Balaban J connectivity index is 2.24. The van der Waals surface area contributed by atoms with Crippen molar-refractivity contribution in [2.45, 2.75) is 20.3 Å². The molecule has 0 amide bonds. The zero-order chi connectivity index (χ0) is 11.8. The van der Waals surface area contributed by atoms with Gasteiger partial charge in [-0.1, -0.05) is 13.8 Å². The second kappa shape index (κ2) is 4.05. The van der Waals surface area contributed by atoms with E-state index in [0.717, 1.165) is 19.5 Å². The van der Waals surface area contributed by atoms with E-state index in [0.29, 0.717) is 17.3 Å². The van der Waals surface area contributed by atoms with Crippen molar-refractivity contribution < 1.29 is 0 Å². The molecule has 1 saturated heterocycles. The Morgan fingerprint density at radius 3 is 2.62 bits per heavy atom. The predicted molar refractivity (Wildman–Crippen MR) is 65.0 cm³/mol. The Kier molecular flexibility index (Phi) is 2.88. The molecule has 0 aliphatic carbocycles. The molecule has 0 unspecified atom stereocenters. The molecule has 6 heteroatoms. The standard InChI is InChI=1S/C10H16ClN5/c1-10(2)4-5-16(6-10)9-14-7(11)13-8(12-3)15-9/h4-6H2,1-3H3,(H,12,13,14,15). The number of nitrogens with one attached hydrogen (secondary N) is 1. The molecule has 5 nitrogen and oxygen atoms in total. The minimum absolute atomic E-state index is 0.235. The molecule has 0 aromatic carbocycles. The Bertz CT molecular complexity index is 393. The second-order valence-electron chi connectivity index (χ2n) is 4.81. The summed E-state index contributed by atoms with van der Waals surface area (Å²) < 4.78 is 0. The highest BCUT2D eigenvalue weighted by Crippen LogP contribution is 2.31. The summed E-state index contributed by atoms with van der Waals surface area (Å²) in [6.45, 7) is 6.41. The van der Waals surface area contributed by atoms with Crippen molar-refractivity contribution >= 4 is 23.5 Å². The van der Waals surface area contributed by atoms with Gasteiger partial charge in [0, 0.05) is 20.1 Å². The summed E-state index contributed by atoms with van der Waals surface area (Å²) in [4.78, 5) is 14.6. The van der Waals surface area contributed by atoms with Crippen LogP contribution in [0.5, 0.6) is 0 Å². The van der Waals surface area contributed by atoms with Crippen LogP contribution >= 0.6 is 11.6 Å². The van der Waals surface area contributed by atoms with Gasteiger partial charge in [0.15, 0.2) is 0 Å². The molecule has 1 aromatic rings. The highest BCUT2D eigenvalue weighted by Gasteiger charge is 2.30. The van der Waals surface area contributed by atoms with Gasteiger partial charge in [0.1, 0.15) is 0 Å². The van der Waals surface area contributed by atoms with E-state index in [1.54, 1.807) is 7.05 Å². The molecule has 1 N–H and O–H groups in total. The highest BCUT2D eigenvalue weighted by molar-refractivity contribution is 6.28. The van der Waals surface area contributed by atoms with Gasteiger partial charge >= 0.3 is 0 Å². The molecule has 1 aromatic heterocycles. The third-order valence-corrected chi connectivity index (χ3v) is 2.95. The smallest absolute Gasteiger partial charge is 0.231 e. The summed E-state index contributed by atoms with van der Waals surface area (Å²) in [6, 6.07) is 0. The third kappa shape index (κ3) is 2.35. The number of aromatic nitrogens is 3. The lowest BCUT2D eigenvalue weighted by Gasteiger charge is -2.19. The minimum Gasteiger partial charge on any atom is -0.357 e. The van der Waals surface area contributed by atoms with E-state index < -0.39 is 0 Å². The van der Waals surface area contributed by atoms with Crippen LogP contribution in [0.15, 0.2) is 0 Å². The van der Waals surface area contributed by atoms with Crippen LogP contribution < -0.4 is 10.2 Å². The van der Waals surface area contributed by atoms with E-state index in [4.69, 9.17) is 11.6 Å². The van der Waals surface area contributed by atoms with Crippen molar-refractivity contribution in [3.8, 4) is 0 Å². The molecular formula is C10H16ClN5. The Morgan fingerprint density at radius 2 is 2.06 bits per heavy atom. The van der Waals surface area contributed by atoms with E-state index in [1.807, 2.05) is 0 Å². The molecule has 88 valence electrons. The van der Waals surface area contributed by atoms with Crippen LogP contribution in [0.3, 0.4) is 0 Å². The zero-order valence-electron chi connectivity index (χ0n) is 9.79. The van der Waals surface area contributed by atoms with Crippen LogP contribution in [0.2, 0.25) is 5.28 Å². The first kappa shape index (κ1) is 11.4. The van der Waals surface area contributed by atoms with Crippen LogP contribution in [0.25, 0.3) is 0 Å². The summed E-state index contributed by atoms with van der Waals surface area (Å²) in [6.07, 6.45) is 1.14.